The van der Waals surface area contributed by atoms with Crippen LogP contribution in [0.25, 0.3) is 0 Å². The maximum atomic E-state index is 13.1. The number of ether oxygens (including phenoxy) is 2. The lowest BCUT2D eigenvalue weighted by molar-refractivity contribution is -0.148. The van der Waals surface area contributed by atoms with Gasteiger partial charge >= 0.3 is 5.97 Å². The molecule has 0 radical (unpaired) electrons. The fourth-order valence-electron chi connectivity index (χ4n) is 3.15. The maximum absolute atomic E-state index is 13.1. The van der Waals surface area contributed by atoms with E-state index in [2.05, 4.69) is 4.98 Å². The van der Waals surface area contributed by atoms with Gasteiger partial charge in [0.2, 0.25) is 0 Å². The molecule has 148 valence electrons. The van der Waals surface area contributed by atoms with Crippen molar-refractivity contribution in [3.05, 3.63) is 48.0 Å². The normalized spacial score (nSPS) is 17.1. The number of hydrogen-bond acceptors (Lipinski definition) is 6. The lowest BCUT2D eigenvalue weighted by atomic mass is 10.0. The van der Waals surface area contributed by atoms with Crippen molar-refractivity contribution in [2.24, 2.45) is 5.92 Å². The number of aromatic nitrogens is 1. The van der Waals surface area contributed by atoms with Crippen LogP contribution in [-0.2, 0) is 20.9 Å². The molecular weight excluding hydrogens is 358 g/mol. The lowest BCUT2D eigenvalue weighted by Gasteiger charge is -2.38. The molecule has 7 heteroatoms. The first kappa shape index (κ1) is 19.7. The highest BCUT2D eigenvalue weighted by atomic mass is 16.5. The Balaban J connectivity index is 1.89. The van der Waals surface area contributed by atoms with Crippen LogP contribution >= 0.6 is 0 Å². The lowest BCUT2D eigenvalue weighted by Crippen LogP contribution is -2.55. The molecule has 2 N–H and O–H groups in total. The summed E-state index contributed by atoms with van der Waals surface area (Å²) in [4.78, 5) is 31.6. The molecule has 0 bridgehead atoms. The molecule has 2 atom stereocenters. The van der Waals surface area contributed by atoms with Crippen LogP contribution in [0.1, 0.15) is 32.8 Å². The highest BCUT2D eigenvalue weighted by Gasteiger charge is 2.43. The number of fused-ring (bicyclic) bond motifs is 1. The average Bonchev–Trinajstić information content (AvgIpc) is 2.69. The third-order valence-electron chi connectivity index (χ3n) is 4.62. The summed E-state index contributed by atoms with van der Waals surface area (Å²) in [6, 6.07) is 11.9. The van der Waals surface area contributed by atoms with E-state index in [-0.39, 0.29) is 30.1 Å². The molecule has 0 fully saturated rings. The minimum atomic E-state index is -0.811. The number of hydrogen-bond donors (Lipinski definition) is 1. The first-order chi connectivity index (χ1) is 13.4. The van der Waals surface area contributed by atoms with E-state index < -0.39 is 18.1 Å². The van der Waals surface area contributed by atoms with Gasteiger partial charge in [-0.2, -0.15) is 0 Å². The highest BCUT2D eigenvalue weighted by molar-refractivity contribution is 6.04. The van der Waals surface area contributed by atoms with Gasteiger partial charge < -0.3 is 15.2 Å². The van der Waals surface area contributed by atoms with E-state index in [1.807, 2.05) is 51.1 Å². The number of esters is 1. The van der Waals surface area contributed by atoms with Gasteiger partial charge in [0.25, 0.3) is 5.91 Å². The smallest absolute Gasteiger partial charge is 0.329 e. The summed E-state index contributed by atoms with van der Waals surface area (Å²) in [6.07, 6.45) is -0.325. The van der Waals surface area contributed by atoms with Crippen LogP contribution in [0.4, 0.5) is 11.6 Å². The van der Waals surface area contributed by atoms with Gasteiger partial charge in [0.15, 0.2) is 17.7 Å². The quantitative estimate of drug-likeness (QED) is 0.771. The van der Waals surface area contributed by atoms with Gasteiger partial charge in [-0.3, -0.25) is 9.69 Å². The van der Waals surface area contributed by atoms with Crippen molar-refractivity contribution in [3.8, 4) is 5.75 Å². The first-order valence-corrected chi connectivity index (χ1v) is 9.39. The second-order valence-corrected chi connectivity index (χ2v) is 7.07. The Morgan fingerprint density at radius 3 is 2.61 bits per heavy atom. The molecule has 1 aromatic heterocycles. The van der Waals surface area contributed by atoms with E-state index >= 15 is 0 Å². The van der Waals surface area contributed by atoms with Crippen molar-refractivity contribution < 1.29 is 19.1 Å². The average molecular weight is 383 g/mol. The van der Waals surface area contributed by atoms with Crippen LogP contribution in [0.5, 0.6) is 5.75 Å². The van der Waals surface area contributed by atoms with Crippen LogP contribution in [0.15, 0.2) is 42.5 Å². The van der Waals surface area contributed by atoms with Crippen molar-refractivity contribution in [1.82, 2.24) is 4.98 Å². The van der Waals surface area contributed by atoms with Gasteiger partial charge in [0, 0.05) is 0 Å². The summed E-state index contributed by atoms with van der Waals surface area (Å²) in [5.41, 5.74) is 6.69. The van der Waals surface area contributed by atoms with Crippen LogP contribution in [0, 0.1) is 5.92 Å². The van der Waals surface area contributed by atoms with E-state index in [0.29, 0.717) is 12.2 Å². The third kappa shape index (κ3) is 3.93. The molecule has 28 heavy (non-hydrogen) atoms. The molecule has 1 amide bonds. The van der Waals surface area contributed by atoms with E-state index in [9.17, 15) is 9.59 Å². The SMILES string of the molecule is CCC(C(=O)OCc1ccccc1)N1C(=O)C(C(C)C)Oc2ccc(N)nc21. The largest absolute Gasteiger partial charge is 0.476 e. The van der Waals surface area contributed by atoms with Crippen molar-refractivity contribution >= 4 is 23.5 Å². The predicted octanol–water partition coefficient (Wildman–Crippen LogP) is 2.94. The van der Waals surface area contributed by atoms with Crippen LogP contribution < -0.4 is 15.4 Å². The summed E-state index contributed by atoms with van der Waals surface area (Å²) in [5.74, 6) is 0.0600. The number of rotatable bonds is 6. The standard InChI is InChI=1S/C21H25N3O4/c1-4-15(21(26)27-12-14-8-6-5-7-9-14)24-19-16(10-11-17(22)23-19)28-18(13(2)3)20(24)25/h5-11,13,15,18H,4,12H2,1-3H3,(H2,22,23). The number of carbonyl (C=O) groups is 2. The minimum absolute atomic E-state index is 0.0708. The molecule has 0 saturated heterocycles. The third-order valence-corrected chi connectivity index (χ3v) is 4.62. The van der Waals surface area contributed by atoms with Gasteiger partial charge in [-0.25, -0.2) is 9.78 Å². The van der Waals surface area contributed by atoms with E-state index in [1.165, 1.54) is 4.90 Å². The van der Waals surface area contributed by atoms with E-state index in [1.54, 1.807) is 12.1 Å². The Morgan fingerprint density at radius 2 is 1.96 bits per heavy atom. The van der Waals surface area contributed by atoms with Crippen molar-refractivity contribution in [2.45, 2.75) is 45.9 Å². The summed E-state index contributed by atoms with van der Waals surface area (Å²) >= 11 is 0. The molecule has 7 nitrogen and oxygen atoms in total. The van der Waals surface area contributed by atoms with Gasteiger partial charge in [-0.1, -0.05) is 51.1 Å². The molecule has 2 aromatic rings. The second-order valence-electron chi connectivity index (χ2n) is 7.07. The zero-order valence-electron chi connectivity index (χ0n) is 16.3. The van der Waals surface area contributed by atoms with Gasteiger partial charge in [-0.15, -0.1) is 0 Å². The number of benzene rings is 1. The van der Waals surface area contributed by atoms with Crippen molar-refractivity contribution in [3.63, 3.8) is 0 Å². The number of pyridine rings is 1. The van der Waals surface area contributed by atoms with E-state index in [0.717, 1.165) is 5.56 Å². The van der Waals surface area contributed by atoms with Gasteiger partial charge in [-0.05, 0) is 30.0 Å². The number of carbonyl (C=O) groups excluding carboxylic acids is 2. The molecule has 3 rings (SSSR count). The monoisotopic (exact) mass is 383 g/mol. The molecule has 1 aliphatic heterocycles. The Morgan fingerprint density at radius 1 is 1.25 bits per heavy atom. The predicted molar refractivity (Wildman–Crippen MR) is 106 cm³/mol. The van der Waals surface area contributed by atoms with Gasteiger partial charge in [0.1, 0.15) is 18.5 Å². The van der Waals surface area contributed by atoms with Crippen molar-refractivity contribution in [2.75, 3.05) is 10.6 Å². The van der Waals surface area contributed by atoms with Crippen LogP contribution in [0.2, 0.25) is 0 Å². The number of anilines is 2. The molecule has 2 heterocycles. The topological polar surface area (TPSA) is 94.8 Å². The summed E-state index contributed by atoms with van der Waals surface area (Å²) < 4.78 is 11.3. The number of nitrogens with two attached hydrogens (primary N) is 1. The van der Waals surface area contributed by atoms with Crippen LogP contribution in [0.3, 0.4) is 0 Å². The Kier molecular flexibility index (Phi) is 5.82. The van der Waals surface area contributed by atoms with E-state index in [4.69, 9.17) is 15.2 Å². The zero-order valence-corrected chi connectivity index (χ0v) is 16.3. The fraction of sp³-hybridized carbons (Fsp3) is 0.381. The minimum Gasteiger partial charge on any atom is -0.476 e. The molecular formula is C21H25N3O4. The maximum Gasteiger partial charge on any atom is 0.329 e. The van der Waals surface area contributed by atoms with Gasteiger partial charge in [0.05, 0.1) is 0 Å². The number of amides is 1. The molecule has 2 unspecified atom stereocenters. The summed E-state index contributed by atoms with van der Waals surface area (Å²) in [6.45, 7) is 5.75. The zero-order chi connectivity index (χ0) is 20.3. The number of nitrogens with zero attached hydrogens (tertiary/aromatic N) is 2. The highest BCUT2D eigenvalue weighted by Crippen LogP contribution is 2.36. The molecule has 1 aliphatic rings. The van der Waals surface area contributed by atoms with Crippen molar-refractivity contribution in [1.29, 1.82) is 0 Å². The molecule has 0 spiro atoms. The molecule has 0 saturated carbocycles. The number of nitrogen functional groups attached to an aromatic ring is 1. The molecule has 1 aromatic carbocycles. The summed E-state index contributed by atoms with van der Waals surface area (Å²) in [5, 5.41) is 0. The van der Waals surface area contributed by atoms with Crippen LogP contribution in [-0.4, -0.2) is 29.0 Å². The second kappa shape index (κ2) is 8.29. The first-order valence-electron chi connectivity index (χ1n) is 9.39. The molecule has 0 aliphatic carbocycles. The fourth-order valence-corrected chi connectivity index (χ4v) is 3.15. The summed E-state index contributed by atoms with van der Waals surface area (Å²) in [7, 11) is 0. The Labute approximate surface area is 164 Å². The Hall–Kier alpha value is -3.09. The Bertz CT molecular complexity index is 854.